The van der Waals surface area contributed by atoms with Gasteiger partial charge in [0.2, 0.25) is 0 Å². The van der Waals surface area contributed by atoms with E-state index in [1.807, 2.05) is 41.3 Å². The van der Waals surface area contributed by atoms with E-state index in [4.69, 9.17) is 34.8 Å². The number of carbonyl (C=O) groups is 2. The van der Waals surface area contributed by atoms with Gasteiger partial charge in [0, 0.05) is 63.2 Å². The molecular formula is C26H20Cl3N3O2S. The highest BCUT2D eigenvalue weighted by molar-refractivity contribution is 7.21. The van der Waals surface area contributed by atoms with Crippen LogP contribution >= 0.6 is 46.1 Å². The number of benzene rings is 3. The van der Waals surface area contributed by atoms with Gasteiger partial charge in [-0.2, -0.15) is 0 Å². The number of thiophene rings is 1. The fraction of sp³-hybridized carbons (Fsp3) is 0.154. The van der Waals surface area contributed by atoms with Crippen molar-refractivity contribution in [2.45, 2.75) is 0 Å². The van der Waals surface area contributed by atoms with Crippen LogP contribution in [0.25, 0.3) is 10.1 Å². The monoisotopic (exact) mass is 543 g/mol. The van der Waals surface area contributed by atoms with E-state index >= 15 is 0 Å². The molecule has 1 N–H and O–H groups in total. The molecule has 1 fully saturated rings. The summed E-state index contributed by atoms with van der Waals surface area (Å²) in [5, 5.41) is 5.39. The van der Waals surface area contributed by atoms with Crippen molar-refractivity contribution in [3.05, 3.63) is 92.2 Å². The van der Waals surface area contributed by atoms with Gasteiger partial charge >= 0.3 is 0 Å². The number of amides is 2. The van der Waals surface area contributed by atoms with Crippen molar-refractivity contribution in [1.82, 2.24) is 4.90 Å². The molecule has 178 valence electrons. The highest BCUT2D eigenvalue weighted by Crippen LogP contribution is 2.37. The first-order chi connectivity index (χ1) is 16.9. The Morgan fingerprint density at radius 3 is 2.14 bits per heavy atom. The van der Waals surface area contributed by atoms with Crippen molar-refractivity contribution in [2.75, 3.05) is 36.4 Å². The standard InChI is InChI=1S/C26H20Cl3N3O2S/c27-17-3-1-16(2-4-17)26(34)32-13-11-31(12-14-32)20-8-6-19(7-9-20)30-25(33)24-23(29)21-10-5-18(28)15-22(21)35-24/h1-10,15H,11-14H2,(H,30,33). The molecule has 1 saturated heterocycles. The van der Waals surface area contributed by atoms with Gasteiger partial charge in [-0.25, -0.2) is 0 Å². The highest BCUT2D eigenvalue weighted by atomic mass is 35.5. The molecule has 2 amide bonds. The average molecular weight is 545 g/mol. The molecular weight excluding hydrogens is 525 g/mol. The van der Waals surface area contributed by atoms with Crippen LogP contribution < -0.4 is 10.2 Å². The van der Waals surface area contributed by atoms with Crippen molar-refractivity contribution in [3.63, 3.8) is 0 Å². The van der Waals surface area contributed by atoms with Gasteiger partial charge in [0.15, 0.2) is 0 Å². The number of hydrogen-bond donors (Lipinski definition) is 1. The Morgan fingerprint density at radius 2 is 1.46 bits per heavy atom. The van der Waals surface area contributed by atoms with Gasteiger partial charge in [-0.15, -0.1) is 11.3 Å². The van der Waals surface area contributed by atoms with Crippen LogP contribution in [0.2, 0.25) is 15.1 Å². The molecule has 0 bridgehead atoms. The smallest absolute Gasteiger partial charge is 0.267 e. The Bertz CT molecular complexity index is 1400. The zero-order chi connectivity index (χ0) is 24.5. The summed E-state index contributed by atoms with van der Waals surface area (Å²) in [6.07, 6.45) is 0. The number of halogens is 3. The van der Waals surface area contributed by atoms with E-state index in [2.05, 4.69) is 10.2 Å². The fourth-order valence-corrected chi connectivity index (χ4v) is 5.89. The Labute approximate surface area is 221 Å². The number of anilines is 2. The normalized spacial score (nSPS) is 13.8. The van der Waals surface area contributed by atoms with Gasteiger partial charge in [0.1, 0.15) is 4.88 Å². The highest BCUT2D eigenvalue weighted by Gasteiger charge is 2.23. The minimum atomic E-state index is -0.255. The summed E-state index contributed by atoms with van der Waals surface area (Å²) in [5.41, 5.74) is 2.36. The predicted octanol–water partition coefficient (Wildman–Crippen LogP) is 7.08. The SMILES string of the molecule is O=C(Nc1ccc(N2CCN(C(=O)c3ccc(Cl)cc3)CC2)cc1)c1sc2cc(Cl)ccc2c1Cl. The van der Waals surface area contributed by atoms with E-state index in [0.29, 0.717) is 44.3 Å². The van der Waals surface area contributed by atoms with Crippen LogP contribution in [0.5, 0.6) is 0 Å². The van der Waals surface area contributed by atoms with E-state index in [1.165, 1.54) is 11.3 Å². The van der Waals surface area contributed by atoms with Crippen molar-refractivity contribution < 1.29 is 9.59 Å². The van der Waals surface area contributed by atoms with E-state index < -0.39 is 0 Å². The largest absolute Gasteiger partial charge is 0.368 e. The summed E-state index contributed by atoms with van der Waals surface area (Å²) in [6, 6.07) is 20.1. The lowest BCUT2D eigenvalue weighted by Crippen LogP contribution is -2.48. The topological polar surface area (TPSA) is 52.7 Å². The molecule has 0 spiro atoms. The number of nitrogens with one attached hydrogen (secondary N) is 1. The second-order valence-corrected chi connectivity index (χ2v) is 10.5. The number of fused-ring (bicyclic) bond motifs is 1. The molecule has 0 radical (unpaired) electrons. The van der Waals surface area contributed by atoms with Gasteiger partial charge < -0.3 is 15.1 Å². The molecule has 0 atom stereocenters. The van der Waals surface area contributed by atoms with Crippen LogP contribution in [0, 0.1) is 0 Å². The molecule has 0 unspecified atom stereocenters. The molecule has 9 heteroatoms. The second-order valence-electron chi connectivity index (χ2n) is 8.17. The summed E-state index contributed by atoms with van der Waals surface area (Å²) in [7, 11) is 0. The fourth-order valence-electron chi connectivity index (χ4n) is 4.07. The van der Waals surface area contributed by atoms with E-state index in [1.54, 1.807) is 30.3 Å². The van der Waals surface area contributed by atoms with E-state index in [9.17, 15) is 9.59 Å². The molecule has 5 rings (SSSR count). The molecule has 5 nitrogen and oxygen atoms in total. The summed E-state index contributed by atoms with van der Waals surface area (Å²) in [5.74, 6) is -0.240. The first-order valence-electron chi connectivity index (χ1n) is 11.0. The first kappa shape index (κ1) is 23.9. The quantitative estimate of drug-likeness (QED) is 0.299. The molecule has 1 aliphatic heterocycles. The van der Waals surface area contributed by atoms with Gasteiger partial charge in [0.05, 0.1) is 5.02 Å². The molecule has 1 aliphatic rings. The van der Waals surface area contributed by atoms with Crippen LogP contribution in [0.1, 0.15) is 20.0 Å². The predicted molar refractivity (Wildman–Crippen MR) is 146 cm³/mol. The van der Waals surface area contributed by atoms with Crippen LogP contribution in [-0.2, 0) is 0 Å². The third-order valence-corrected chi connectivity index (χ3v) is 8.09. The molecule has 4 aromatic rings. The molecule has 0 saturated carbocycles. The maximum Gasteiger partial charge on any atom is 0.267 e. The maximum atomic E-state index is 12.8. The first-order valence-corrected chi connectivity index (χ1v) is 12.9. The second kappa shape index (κ2) is 10.1. The van der Waals surface area contributed by atoms with E-state index in [0.717, 1.165) is 28.9 Å². The number of rotatable bonds is 4. The molecule has 0 aliphatic carbocycles. The molecule has 35 heavy (non-hydrogen) atoms. The minimum Gasteiger partial charge on any atom is -0.368 e. The zero-order valence-electron chi connectivity index (χ0n) is 18.4. The third-order valence-electron chi connectivity index (χ3n) is 5.95. The van der Waals surface area contributed by atoms with Crippen LogP contribution in [0.15, 0.2) is 66.7 Å². The van der Waals surface area contributed by atoms with Crippen LogP contribution in [0.4, 0.5) is 11.4 Å². The number of carbonyl (C=O) groups excluding carboxylic acids is 2. The number of hydrogen-bond acceptors (Lipinski definition) is 4. The van der Waals surface area contributed by atoms with Gasteiger partial charge in [-0.1, -0.05) is 40.9 Å². The summed E-state index contributed by atoms with van der Waals surface area (Å²) in [4.78, 5) is 30.1. The molecule has 1 aromatic heterocycles. The Kier molecular flexibility index (Phi) is 6.89. The van der Waals surface area contributed by atoms with Crippen molar-refractivity contribution >= 4 is 79.4 Å². The van der Waals surface area contributed by atoms with Gasteiger partial charge in [0.25, 0.3) is 11.8 Å². The van der Waals surface area contributed by atoms with Crippen LogP contribution in [0.3, 0.4) is 0 Å². The molecule has 2 heterocycles. The number of piperazine rings is 1. The maximum absolute atomic E-state index is 12.8. The van der Waals surface area contributed by atoms with Crippen LogP contribution in [-0.4, -0.2) is 42.9 Å². The van der Waals surface area contributed by atoms with E-state index in [-0.39, 0.29) is 11.8 Å². The molecule has 3 aromatic carbocycles. The number of nitrogens with zero attached hydrogens (tertiary/aromatic N) is 2. The minimum absolute atomic E-state index is 0.0153. The summed E-state index contributed by atoms with van der Waals surface area (Å²) in [6.45, 7) is 2.72. The Balaban J connectivity index is 1.20. The summed E-state index contributed by atoms with van der Waals surface area (Å²) < 4.78 is 0.872. The average Bonchev–Trinajstić information content (AvgIpc) is 3.20. The van der Waals surface area contributed by atoms with Gasteiger partial charge in [-0.05, 0) is 60.7 Å². The lowest BCUT2D eigenvalue weighted by atomic mass is 10.1. The summed E-state index contributed by atoms with van der Waals surface area (Å²) >= 11 is 19.7. The van der Waals surface area contributed by atoms with Crippen molar-refractivity contribution in [2.24, 2.45) is 0 Å². The Morgan fingerprint density at radius 1 is 0.800 bits per heavy atom. The van der Waals surface area contributed by atoms with Gasteiger partial charge in [-0.3, -0.25) is 9.59 Å². The lowest BCUT2D eigenvalue weighted by molar-refractivity contribution is 0.0746. The third kappa shape index (κ3) is 5.11. The van der Waals surface area contributed by atoms with Crippen molar-refractivity contribution in [1.29, 1.82) is 0 Å². The zero-order valence-corrected chi connectivity index (χ0v) is 21.5. The lowest BCUT2D eigenvalue weighted by Gasteiger charge is -2.36. The van der Waals surface area contributed by atoms with Crippen molar-refractivity contribution in [3.8, 4) is 0 Å². The Hall–Kier alpha value is -2.77.